The van der Waals surface area contributed by atoms with E-state index < -0.39 is 0 Å². The SMILES string of the molecule is Cc1ccc(-c2ccc(C#Cc3ccc(N=C=S)cc3)cc2)c(F)c1. The van der Waals surface area contributed by atoms with Gasteiger partial charge >= 0.3 is 0 Å². The summed E-state index contributed by atoms with van der Waals surface area (Å²) >= 11 is 4.57. The van der Waals surface area contributed by atoms with Crippen LogP contribution in [0.15, 0.2) is 71.7 Å². The lowest BCUT2D eigenvalue weighted by molar-refractivity contribution is 0.630. The molecule has 3 heteroatoms. The Balaban J connectivity index is 1.80. The van der Waals surface area contributed by atoms with Gasteiger partial charge in [0.1, 0.15) is 5.82 Å². The first-order chi connectivity index (χ1) is 12.2. The van der Waals surface area contributed by atoms with Crippen LogP contribution in [0.3, 0.4) is 0 Å². The molecule has 0 amide bonds. The van der Waals surface area contributed by atoms with Gasteiger partial charge in [-0.25, -0.2) is 4.39 Å². The van der Waals surface area contributed by atoms with Crippen molar-refractivity contribution in [3.63, 3.8) is 0 Å². The van der Waals surface area contributed by atoms with Crippen molar-refractivity contribution in [1.29, 1.82) is 0 Å². The monoisotopic (exact) mass is 343 g/mol. The Labute approximate surface area is 151 Å². The van der Waals surface area contributed by atoms with Gasteiger partial charge in [0.05, 0.1) is 10.8 Å². The number of nitrogens with zero attached hydrogens (tertiary/aromatic N) is 1. The summed E-state index contributed by atoms with van der Waals surface area (Å²) in [6.45, 7) is 1.87. The molecule has 0 aliphatic carbocycles. The van der Waals surface area contributed by atoms with Gasteiger partial charge in [0.2, 0.25) is 0 Å². The Bertz CT molecular complexity index is 1000. The van der Waals surface area contributed by atoms with Crippen molar-refractivity contribution < 1.29 is 4.39 Å². The Morgan fingerprint density at radius 2 is 1.44 bits per heavy atom. The second kappa shape index (κ2) is 7.68. The number of aliphatic imine (C=N–C) groups is 1. The highest BCUT2D eigenvalue weighted by molar-refractivity contribution is 7.78. The smallest absolute Gasteiger partial charge is 0.131 e. The molecule has 3 rings (SSSR count). The third kappa shape index (κ3) is 4.28. The number of rotatable bonds is 2. The zero-order valence-electron chi connectivity index (χ0n) is 13.6. The van der Waals surface area contributed by atoms with Crippen LogP contribution in [-0.4, -0.2) is 5.16 Å². The number of isothiocyanates is 1. The van der Waals surface area contributed by atoms with Gasteiger partial charge in [-0.05, 0) is 72.7 Å². The van der Waals surface area contributed by atoms with Gasteiger partial charge in [0.25, 0.3) is 0 Å². The van der Waals surface area contributed by atoms with Crippen molar-refractivity contribution in [2.24, 2.45) is 4.99 Å². The van der Waals surface area contributed by atoms with Gasteiger partial charge in [-0.3, -0.25) is 0 Å². The summed E-state index contributed by atoms with van der Waals surface area (Å²) in [6, 6.07) is 20.3. The van der Waals surface area contributed by atoms with E-state index in [0.717, 1.165) is 27.9 Å². The fourth-order valence-corrected chi connectivity index (χ4v) is 2.51. The van der Waals surface area contributed by atoms with Crippen LogP contribution in [0.4, 0.5) is 10.1 Å². The number of benzene rings is 3. The van der Waals surface area contributed by atoms with E-state index in [0.29, 0.717) is 5.56 Å². The van der Waals surface area contributed by atoms with Crippen LogP contribution in [0.25, 0.3) is 11.1 Å². The molecule has 0 heterocycles. The van der Waals surface area contributed by atoms with E-state index in [4.69, 9.17) is 0 Å². The molecule has 0 saturated carbocycles. The first-order valence-electron chi connectivity index (χ1n) is 7.72. The minimum absolute atomic E-state index is 0.210. The molecule has 0 spiro atoms. The number of thiocarbonyl (C=S) groups is 1. The molecule has 0 atom stereocenters. The highest BCUT2D eigenvalue weighted by Crippen LogP contribution is 2.23. The van der Waals surface area contributed by atoms with E-state index in [9.17, 15) is 4.39 Å². The average molecular weight is 343 g/mol. The standard InChI is InChI=1S/C22H14FNS/c1-16-2-13-21(22(23)14-16)19-9-5-17(6-10-19)3-4-18-7-11-20(12-8-18)24-15-25/h2,5-14H,1H3. The molecular weight excluding hydrogens is 329 g/mol. The maximum atomic E-state index is 14.0. The summed E-state index contributed by atoms with van der Waals surface area (Å²) in [4.78, 5) is 3.90. The van der Waals surface area contributed by atoms with Crippen LogP contribution < -0.4 is 0 Å². The minimum Gasteiger partial charge on any atom is -0.206 e. The summed E-state index contributed by atoms with van der Waals surface area (Å²) in [5.74, 6) is 5.99. The van der Waals surface area contributed by atoms with Gasteiger partial charge in [0.15, 0.2) is 0 Å². The summed E-state index contributed by atoms with van der Waals surface area (Å²) in [6.07, 6.45) is 0. The van der Waals surface area contributed by atoms with Crippen molar-refractivity contribution in [3.05, 3.63) is 89.2 Å². The van der Waals surface area contributed by atoms with Crippen LogP contribution in [-0.2, 0) is 0 Å². The van der Waals surface area contributed by atoms with Crippen molar-refractivity contribution in [3.8, 4) is 23.0 Å². The first kappa shape index (κ1) is 16.8. The summed E-state index contributed by atoms with van der Waals surface area (Å²) < 4.78 is 14.0. The molecular formula is C22H14FNS. The number of halogens is 1. The molecule has 120 valence electrons. The molecule has 3 aromatic carbocycles. The normalized spacial score (nSPS) is 9.68. The lowest BCUT2D eigenvalue weighted by Gasteiger charge is -2.04. The van der Waals surface area contributed by atoms with E-state index in [1.54, 1.807) is 12.1 Å². The second-order valence-corrected chi connectivity index (χ2v) is 5.74. The number of hydrogen-bond donors (Lipinski definition) is 0. The van der Waals surface area contributed by atoms with E-state index in [1.807, 2.05) is 61.5 Å². The first-order valence-corrected chi connectivity index (χ1v) is 8.13. The third-order valence-electron chi connectivity index (χ3n) is 3.71. The van der Waals surface area contributed by atoms with Gasteiger partial charge in [-0.1, -0.05) is 36.1 Å². The summed E-state index contributed by atoms with van der Waals surface area (Å²) in [5.41, 5.74) is 4.86. The third-order valence-corrected chi connectivity index (χ3v) is 3.81. The summed E-state index contributed by atoms with van der Waals surface area (Å²) in [5, 5.41) is 2.33. The molecule has 0 radical (unpaired) electrons. The molecule has 0 bridgehead atoms. The molecule has 0 unspecified atom stereocenters. The van der Waals surface area contributed by atoms with Crippen molar-refractivity contribution in [1.82, 2.24) is 0 Å². The molecule has 3 aromatic rings. The van der Waals surface area contributed by atoms with Crippen LogP contribution in [0.2, 0.25) is 0 Å². The van der Waals surface area contributed by atoms with Crippen LogP contribution in [0.5, 0.6) is 0 Å². The number of hydrogen-bond acceptors (Lipinski definition) is 2. The zero-order chi connectivity index (χ0) is 17.6. The fourth-order valence-electron chi connectivity index (χ4n) is 2.40. The summed E-state index contributed by atoms with van der Waals surface area (Å²) in [7, 11) is 0. The van der Waals surface area contributed by atoms with Gasteiger partial charge in [-0.15, -0.1) is 0 Å². The average Bonchev–Trinajstić information content (AvgIpc) is 2.62. The lowest BCUT2D eigenvalue weighted by atomic mass is 10.0. The maximum absolute atomic E-state index is 14.0. The topological polar surface area (TPSA) is 12.4 Å². The molecule has 0 aliphatic rings. The molecule has 25 heavy (non-hydrogen) atoms. The molecule has 0 aromatic heterocycles. The Kier molecular flexibility index (Phi) is 5.16. The van der Waals surface area contributed by atoms with E-state index in [1.165, 1.54) is 0 Å². The minimum atomic E-state index is -0.210. The Morgan fingerprint density at radius 3 is 2.00 bits per heavy atom. The number of aryl methyl sites for hydroxylation is 1. The van der Waals surface area contributed by atoms with E-state index in [2.05, 4.69) is 34.2 Å². The van der Waals surface area contributed by atoms with Crippen molar-refractivity contribution in [2.45, 2.75) is 6.92 Å². The highest BCUT2D eigenvalue weighted by Gasteiger charge is 2.04. The zero-order valence-corrected chi connectivity index (χ0v) is 14.4. The molecule has 0 N–H and O–H groups in total. The predicted octanol–water partition coefficient (Wildman–Crippen LogP) is 5.94. The van der Waals surface area contributed by atoms with Crippen LogP contribution in [0, 0.1) is 24.6 Å². The van der Waals surface area contributed by atoms with Gasteiger partial charge in [0, 0.05) is 16.7 Å². The fraction of sp³-hybridized carbons (Fsp3) is 0.0455. The predicted molar refractivity (Wildman–Crippen MR) is 104 cm³/mol. The molecule has 1 nitrogen and oxygen atoms in total. The van der Waals surface area contributed by atoms with Crippen molar-refractivity contribution >= 4 is 23.1 Å². The van der Waals surface area contributed by atoms with E-state index in [-0.39, 0.29) is 5.82 Å². The van der Waals surface area contributed by atoms with Gasteiger partial charge in [-0.2, -0.15) is 4.99 Å². The lowest BCUT2D eigenvalue weighted by Crippen LogP contribution is -1.86. The molecule has 0 aliphatic heterocycles. The van der Waals surface area contributed by atoms with Crippen LogP contribution >= 0.6 is 12.2 Å². The quantitative estimate of drug-likeness (QED) is 0.319. The maximum Gasteiger partial charge on any atom is 0.131 e. The second-order valence-electron chi connectivity index (χ2n) is 5.56. The molecule has 0 saturated heterocycles. The Hall–Kier alpha value is -3.05. The van der Waals surface area contributed by atoms with Gasteiger partial charge < -0.3 is 0 Å². The van der Waals surface area contributed by atoms with E-state index >= 15 is 0 Å². The largest absolute Gasteiger partial charge is 0.206 e. The highest BCUT2D eigenvalue weighted by atomic mass is 32.1. The van der Waals surface area contributed by atoms with Crippen LogP contribution in [0.1, 0.15) is 16.7 Å². The van der Waals surface area contributed by atoms with Crippen molar-refractivity contribution in [2.75, 3.05) is 0 Å². The Morgan fingerprint density at radius 1 is 0.840 bits per heavy atom. The molecule has 0 fully saturated rings.